The molecule has 1 heterocycles. The molecule has 0 aliphatic heterocycles. The summed E-state index contributed by atoms with van der Waals surface area (Å²) in [5.41, 5.74) is 4.00. The fourth-order valence-electron chi connectivity index (χ4n) is 2.35. The summed E-state index contributed by atoms with van der Waals surface area (Å²) in [6.07, 6.45) is 5.28. The Morgan fingerprint density at radius 3 is 2.40 bits per heavy atom. The van der Waals surface area contributed by atoms with E-state index in [1.807, 2.05) is 11.7 Å². The van der Waals surface area contributed by atoms with E-state index in [0.29, 0.717) is 5.92 Å². The minimum atomic E-state index is 0.658. The minimum Gasteiger partial charge on any atom is -0.272 e. The van der Waals surface area contributed by atoms with Gasteiger partial charge >= 0.3 is 0 Å². The predicted molar refractivity (Wildman–Crippen MR) is 65.2 cm³/mol. The van der Waals surface area contributed by atoms with E-state index >= 15 is 0 Å². The Hall–Kier alpha value is -0.790. The highest BCUT2D eigenvalue weighted by Crippen LogP contribution is 2.27. The van der Waals surface area contributed by atoms with E-state index in [1.54, 1.807) is 0 Å². The number of aryl methyl sites for hydroxylation is 2. The van der Waals surface area contributed by atoms with E-state index in [-0.39, 0.29) is 0 Å². The second-order valence-corrected chi connectivity index (χ2v) is 4.60. The van der Waals surface area contributed by atoms with Gasteiger partial charge in [-0.05, 0) is 31.7 Å². The zero-order chi connectivity index (χ0) is 11.4. The molecule has 86 valence electrons. The maximum Gasteiger partial charge on any atom is 0.0631 e. The number of unbranched alkanes of at least 4 members (excludes halogenated alkanes) is 2. The van der Waals surface area contributed by atoms with Gasteiger partial charge < -0.3 is 0 Å². The largest absolute Gasteiger partial charge is 0.272 e. The number of aromatic nitrogens is 2. The van der Waals surface area contributed by atoms with E-state index < -0.39 is 0 Å². The quantitative estimate of drug-likeness (QED) is 0.674. The molecular weight excluding hydrogens is 184 g/mol. The van der Waals surface area contributed by atoms with Crippen LogP contribution in [0.2, 0.25) is 0 Å². The van der Waals surface area contributed by atoms with Crippen LogP contribution >= 0.6 is 0 Å². The van der Waals surface area contributed by atoms with Crippen molar-refractivity contribution < 1.29 is 0 Å². The highest BCUT2D eigenvalue weighted by molar-refractivity contribution is 5.27. The second-order valence-electron chi connectivity index (χ2n) is 4.60. The first-order chi connectivity index (χ1) is 7.07. The third-order valence-corrected chi connectivity index (χ3v) is 3.30. The average Bonchev–Trinajstić information content (AvgIpc) is 2.41. The van der Waals surface area contributed by atoms with Gasteiger partial charge in [0, 0.05) is 12.7 Å². The van der Waals surface area contributed by atoms with Crippen LogP contribution in [0, 0.1) is 13.8 Å². The van der Waals surface area contributed by atoms with Gasteiger partial charge in [0.05, 0.1) is 5.69 Å². The molecule has 0 aromatic carbocycles. The van der Waals surface area contributed by atoms with Gasteiger partial charge in [-0.15, -0.1) is 0 Å². The standard InChI is InChI=1S/C13H24N2/c1-6-7-8-9-10(2)13-11(3)14-15(5)12(13)4/h10H,6-9H2,1-5H3. The maximum absolute atomic E-state index is 4.48. The van der Waals surface area contributed by atoms with Gasteiger partial charge in [0.1, 0.15) is 0 Å². The molecule has 15 heavy (non-hydrogen) atoms. The van der Waals surface area contributed by atoms with Gasteiger partial charge in [0.2, 0.25) is 0 Å². The van der Waals surface area contributed by atoms with Crippen LogP contribution in [0.5, 0.6) is 0 Å². The summed E-state index contributed by atoms with van der Waals surface area (Å²) in [7, 11) is 2.03. The smallest absolute Gasteiger partial charge is 0.0631 e. The third kappa shape index (κ3) is 2.83. The van der Waals surface area contributed by atoms with Crippen molar-refractivity contribution in [2.45, 2.75) is 59.3 Å². The van der Waals surface area contributed by atoms with Crippen LogP contribution in [0.25, 0.3) is 0 Å². The second kappa shape index (κ2) is 5.34. The van der Waals surface area contributed by atoms with E-state index in [1.165, 1.54) is 42.6 Å². The lowest BCUT2D eigenvalue weighted by Gasteiger charge is -2.11. The van der Waals surface area contributed by atoms with Gasteiger partial charge in [0.25, 0.3) is 0 Å². The summed E-state index contributed by atoms with van der Waals surface area (Å²) >= 11 is 0. The first-order valence-electron chi connectivity index (χ1n) is 6.08. The number of hydrogen-bond donors (Lipinski definition) is 0. The van der Waals surface area contributed by atoms with Crippen molar-refractivity contribution in [1.82, 2.24) is 9.78 Å². The molecule has 1 rings (SSSR count). The Morgan fingerprint density at radius 2 is 1.93 bits per heavy atom. The predicted octanol–water partition coefficient (Wildman–Crippen LogP) is 3.72. The lowest BCUT2D eigenvalue weighted by atomic mass is 9.93. The van der Waals surface area contributed by atoms with Gasteiger partial charge in [-0.1, -0.05) is 33.1 Å². The van der Waals surface area contributed by atoms with Crippen molar-refractivity contribution in [3.63, 3.8) is 0 Å². The topological polar surface area (TPSA) is 17.8 Å². The van der Waals surface area contributed by atoms with Crippen molar-refractivity contribution >= 4 is 0 Å². The molecule has 2 nitrogen and oxygen atoms in total. The molecule has 0 saturated carbocycles. The van der Waals surface area contributed by atoms with Crippen LogP contribution in [0.3, 0.4) is 0 Å². The number of nitrogens with zero attached hydrogens (tertiary/aromatic N) is 2. The van der Waals surface area contributed by atoms with E-state index in [4.69, 9.17) is 0 Å². The lowest BCUT2D eigenvalue weighted by molar-refractivity contribution is 0.593. The summed E-state index contributed by atoms with van der Waals surface area (Å²) < 4.78 is 2.00. The molecule has 0 amide bonds. The molecule has 0 saturated heterocycles. The molecule has 1 aromatic rings. The molecule has 0 N–H and O–H groups in total. The van der Waals surface area contributed by atoms with Crippen molar-refractivity contribution in [1.29, 1.82) is 0 Å². The number of rotatable bonds is 5. The fraction of sp³-hybridized carbons (Fsp3) is 0.769. The summed E-state index contributed by atoms with van der Waals surface area (Å²) in [5.74, 6) is 0.658. The fourth-order valence-corrected chi connectivity index (χ4v) is 2.35. The van der Waals surface area contributed by atoms with Gasteiger partial charge in [-0.3, -0.25) is 4.68 Å². The Labute approximate surface area is 93.7 Å². The van der Waals surface area contributed by atoms with E-state index in [2.05, 4.69) is 32.8 Å². The zero-order valence-electron chi connectivity index (χ0n) is 10.8. The van der Waals surface area contributed by atoms with E-state index in [9.17, 15) is 0 Å². The zero-order valence-corrected chi connectivity index (χ0v) is 10.8. The molecule has 1 aromatic heterocycles. The highest BCUT2D eigenvalue weighted by atomic mass is 15.3. The summed E-state index contributed by atoms with van der Waals surface area (Å²) in [6.45, 7) is 8.88. The Balaban J connectivity index is 2.68. The SMILES string of the molecule is CCCCCC(C)c1c(C)nn(C)c1C. The van der Waals surface area contributed by atoms with Gasteiger partial charge in [-0.2, -0.15) is 5.10 Å². The van der Waals surface area contributed by atoms with Crippen LogP contribution < -0.4 is 0 Å². The van der Waals surface area contributed by atoms with E-state index in [0.717, 1.165) is 0 Å². The highest BCUT2D eigenvalue weighted by Gasteiger charge is 2.15. The molecule has 0 bridgehead atoms. The van der Waals surface area contributed by atoms with Crippen LogP contribution in [0.1, 0.15) is 62.4 Å². The van der Waals surface area contributed by atoms with Crippen LogP contribution in [0.15, 0.2) is 0 Å². The third-order valence-electron chi connectivity index (χ3n) is 3.30. The summed E-state index contributed by atoms with van der Waals surface area (Å²) in [6, 6.07) is 0. The van der Waals surface area contributed by atoms with Crippen molar-refractivity contribution in [2.75, 3.05) is 0 Å². The molecule has 1 atom stereocenters. The molecule has 1 unspecified atom stereocenters. The van der Waals surface area contributed by atoms with Crippen LogP contribution in [-0.2, 0) is 7.05 Å². The maximum atomic E-state index is 4.48. The monoisotopic (exact) mass is 208 g/mol. The lowest BCUT2D eigenvalue weighted by Crippen LogP contribution is -1.98. The molecular formula is C13H24N2. The summed E-state index contributed by atoms with van der Waals surface area (Å²) in [5, 5.41) is 4.48. The first-order valence-corrected chi connectivity index (χ1v) is 6.08. The Morgan fingerprint density at radius 1 is 1.27 bits per heavy atom. The first kappa shape index (κ1) is 12.3. The van der Waals surface area contributed by atoms with Gasteiger partial charge in [0.15, 0.2) is 0 Å². The molecule has 0 aliphatic rings. The van der Waals surface area contributed by atoms with Crippen LogP contribution in [0.4, 0.5) is 0 Å². The van der Waals surface area contributed by atoms with Crippen molar-refractivity contribution in [2.24, 2.45) is 7.05 Å². The minimum absolute atomic E-state index is 0.658. The summed E-state index contributed by atoms with van der Waals surface area (Å²) in [4.78, 5) is 0. The molecule has 0 fully saturated rings. The van der Waals surface area contributed by atoms with Crippen LogP contribution in [-0.4, -0.2) is 9.78 Å². The number of hydrogen-bond acceptors (Lipinski definition) is 1. The van der Waals surface area contributed by atoms with Crippen molar-refractivity contribution in [3.8, 4) is 0 Å². The van der Waals surface area contributed by atoms with Gasteiger partial charge in [-0.25, -0.2) is 0 Å². The molecule has 2 heteroatoms. The molecule has 0 radical (unpaired) electrons. The molecule has 0 aliphatic carbocycles. The average molecular weight is 208 g/mol. The Bertz CT molecular complexity index is 313. The molecule has 0 spiro atoms. The normalized spacial score (nSPS) is 13.1. The Kier molecular flexibility index (Phi) is 4.37. The van der Waals surface area contributed by atoms with Crippen molar-refractivity contribution in [3.05, 3.63) is 17.0 Å².